The number of benzene rings is 2. The van der Waals surface area contributed by atoms with Crippen molar-refractivity contribution in [3.8, 4) is 17.6 Å². The number of rotatable bonds is 5. The number of carbonyl (C=O) groups is 1. The summed E-state index contributed by atoms with van der Waals surface area (Å²) in [6.45, 7) is 0. The molecule has 0 aliphatic carbocycles. The SMILES string of the molecule is COc1ccc(C2=NO[C@@H](C(=O)Nc3ccc(C#N)cc3)C2)cc1OC. The van der Waals surface area contributed by atoms with Gasteiger partial charge in [0.2, 0.25) is 6.10 Å². The highest BCUT2D eigenvalue weighted by molar-refractivity contribution is 6.06. The summed E-state index contributed by atoms with van der Waals surface area (Å²) in [5, 5.41) is 15.6. The van der Waals surface area contributed by atoms with E-state index in [0.717, 1.165) is 5.56 Å². The zero-order chi connectivity index (χ0) is 18.5. The van der Waals surface area contributed by atoms with Gasteiger partial charge in [0, 0.05) is 17.7 Å². The average Bonchev–Trinajstić information content (AvgIpc) is 3.18. The quantitative estimate of drug-likeness (QED) is 0.894. The van der Waals surface area contributed by atoms with Crippen molar-refractivity contribution in [3.05, 3.63) is 53.6 Å². The molecule has 3 rings (SSSR count). The molecule has 2 aromatic carbocycles. The van der Waals surface area contributed by atoms with Gasteiger partial charge in [0.1, 0.15) is 0 Å². The maximum absolute atomic E-state index is 12.4. The van der Waals surface area contributed by atoms with E-state index in [1.54, 1.807) is 50.6 Å². The maximum Gasteiger partial charge on any atom is 0.268 e. The molecule has 1 heterocycles. The van der Waals surface area contributed by atoms with E-state index in [0.29, 0.717) is 34.9 Å². The Labute approximate surface area is 150 Å². The molecule has 1 N–H and O–H groups in total. The smallest absolute Gasteiger partial charge is 0.268 e. The first-order valence-corrected chi connectivity index (χ1v) is 7.90. The molecule has 0 unspecified atom stereocenters. The van der Waals surface area contributed by atoms with Gasteiger partial charge in [-0.3, -0.25) is 4.79 Å². The standard InChI is InChI=1S/C19H17N3O4/c1-24-16-8-5-13(9-17(16)25-2)15-10-18(26-22-15)19(23)21-14-6-3-12(11-20)4-7-14/h3-9,18H,10H2,1-2H3,(H,21,23)/t18-/m1/s1. The molecule has 0 spiro atoms. The number of hydrogen-bond donors (Lipinski definition) is 1. The number of nitriles is 1. The van der Waals surface area contributed by atoms with Crippen LogP contribution in [0.1, 0.15) is 17.5 Å². The van der Waals surface area contributed by atoms with E-state index in [9.17, 15) is 4.79 Å². The molecule has 2 aromatic rings. The van der Waals surface area contributed by atoms with Crippen LogP contribution in [0.25, 0.3) is 0 Å². The van der Waals surface area contributed by atoms with Crippen molar-refractivity contribution in [2.75, 3.05) is 19.5 Å². The number of amides is 1. The molecule has 7 nitrogen and oxygen atoms in total. The van der Waals surface area contributed by atoms with Gasteiger partial charge in [0.15, 0.2) is 11.5 Å². The lowest BCUT2D eigenvalue weighted by molar-refractivity contribution is -0.125. The summed E-state index contributed by atoms with van der Waals surface area (Å²) < 4.78 is 10.5. The Kier molecular flexibility index (Phi) is 5.04. The Hall–Kier alpha value is -3.53. The topological polar surface area (TPSA) is 92.9 Å². The van der Waals surface area contributed by atoms with Crippen molar-refractivity contribution in [3.63, 3.8) is 0 Å². The van der Waals surface area contributed by atoms with E-state index in [2.05, 4.69) is 10.5 Å². The largest absolute Gasteiger partial charge is 0.493 e. The minimum absolute atomic E-state index is 0.297. The van der Waals surface area contributed by atoms with Gasteiger partial charge in [-0.15, -0.1) is 0 Å². The molecular weight excluding hydrogens is 334 g/mol. The van der Waals surface area contributed by atoms with E-state index in [1.165, 1.54) is 0 Å². The third-order valence-electron chi connectivity index (χ3n) is 3.96. The highest BCUT2D eigenvalue weighted by atomic mass is 16.6. The second-order valence-electron chi connectivity index (χ2n) is 5.58. The number of methoxy groups -OCH3 is 2. The van der Waals surface area contributed by atoms with E-state index in [1.807, 2.05) is 12.1 Å². The van der Waals surface area contributed by atoms with Crippen LogP contribution in [0.5, 0.6) is 11.5 Å². The first-order valence-electron chi connectivity index (χ1n) is 7.90. The second-order valence-corrected chi connectivity index (χ2v) is 5.58. The van der Waals surface area contributed by atoms with Crippen molar-refractivity contribution in [2.45, 2.75) is 12.5 Å². The van der Waals surface area contributed by atoms with Crippen LogP contribution in [0.2, 0.25) is 0 Å². The van der Waals surface area contributed by atoms with Crippen molar-refractivity contribution in [1.29, 1.82) is 5.26 Å². The Balaban J connectivity index is 1.65. The monoisotopic (exact) mass is 351 g/mol. The molecule has 0 radical (unpaired) electrons. The lowest BCUT2D eigenvalue weighted by Crippen LogP contribution is -2.28. The molecule has 0 aromatic heterocycles. The van der Waals surface area contributed by atoms with Crippen LogP contribution >= 0.6 is 0 Å². The first kappa shape index (κ1) is 17.3. The average molecular weight is 351 g/mol. The fraction of sp³-hybridized carbons (Fsp3) is 0.211. The Bertz CT molecular complexity index is 885. The minimum atomic E-state index is -0.714. The normalized spacial score (nSPS) is 15.4. The Morgan fingerprint density at radius 2 is 1.92 bits per heavy atom. The summed E-state index contributed by atoms with van der Waals surface area (Å²) in [5.74, 6) is 0.901. The third-order valence-corrected chi connectivity index (χ3v) is 3.96. The van der Waals surface area contributed by atoms with Crippen molar-refractivity contribution < 1.29 is 19.1 Å². The second kappa shape index (κ2) is 7.57. The number of oxime groups is 1. The number of carbonyl (C=O) groups excluding carboxylic acids is 1. The van der Waals surface area contributed by atoms with Crippen molar-refractivity contribution >= 4 is 17.3 Å². The van der Waals surface area contributed by atoms with Gasteiger partial charge in [-0.25, -0.2) is 0 Å². The lowest BCUT2D eigenvalue weighted by Gasteiger charge is -2.10. The summed E-state index contributed by atoms with van der Waals surface area (Å²) in [4.78, 5) is 17.6. The zero-order valence-electron chi connectivity index (χ0n) is 14.4. The molecule has 132 valence electrons. The number of anilines is 1. The molecule has 0 fully saturated rings. The third kappa shape index (κ3) is 3.59. The molecule has 0 saturated heterocycles. The number of ether oxygens (including phenoxy) is 2. The van der Waals surface area contributed by atoms with E-state index >= 15 is 0 Å². The Morgan fingerprint density at radius 1 is 1.19 bits per heavy atom. The number of nitrogens with zero attached hydrogens (tertiary/aromatic N) is 2. The van der Waals surface area contributed by atoms with Gasteiger partial charge in [0.25, 0.3) is 5.91 Å². The Morgan fingerprint density at radius 3 is 2.58 bits per heavy atom. The fourth-order valence-corrected chi connectivity index (χ4v) is 2.56. The van der Waals surface area contributed by atoms with Crippen LogP contribution in [-0.4, -0.2) is 31.9 Å². The summed E-state index contributed by atoms with van der Waals surface area (Å²) in [6.07, 6.45) is -0.369. The highest BCUT2D eigenvalue weighted by Crippen LogP contribution is 2.29. The van der Waals surface area contributed by atoms with Crippen LogP contribution in [0.4, 0.5) is 5.69 Å². The summed E-state index contributed by atoms with van der Waals surface area (Å²) >= 11 is 0. The minimum Gasteiger partial charge on any atom is -0.493 e. The van der Waals surface area contributed by atoms with Crippen LogP contribution in [0.15, 0.2) is 47.6 Å². The van der Waals surface area contributed by atoms with Gasteiger partial charge in [-0.1, -0.05) is 5.16 Å². The van der Waals surface area contributed by atoms with Gasteiger partial charge in [-0.05, 0) is 42.5 Å². The van der Waals surface area contributed by atoms with Crippen LogP contribution in [-0.2, 0) is 9.63 Å². The molecule has 1 atom stereocenters. The molecule has 1 amide bonds. The number of nitrogens with one attached hydrogen (secondary N) is 1. The zero-order valence-corrected chi connectivity index (χ0v) is 14.4. The van der Waals surface area contributed by atoms with Crippen LogP contribution < -0.4 is 14.8 Å². The molecule has 26 heavy (non-hydrogen) atoms. The first-order chi connectivity index (χ1) is 12.6. The molecule has 0 saturated carbocycles. The van der Waals surface area contributed by atoms with E-state index in [4.69, 9.17) is 19.6 Å². The van der Waals surface area contributed by atoms with Crippen LogP contribution in [0, 0.1) is 11.3 Å². The lowest BCUT2D eigenvalue weighted by atomic mass is 10.0. The van der Waals surface area contributed by atoms with Crippen LogP contribution in [0.3, 0.4) is 0 Å². The van der Waals surface area contributed by atoms with E-state index < -0.39 is 6.10 Å². The van der Waals surface area contributed by atoms with Gasteiger partial charge < -0.3 is 19.6 Å². The molecular formula is C19H17N3O4. The predicted molar refractivity (Wildman–Crippen MR) is 95.4 cm³/mol. The molecule has 7 heteroatoms. The highest BCUT2D eigenvalue weighted by Gasteiger charge is 2.29. The van der Waals surface area contributed by atoms with Crippen molar-refractivity contribution in [1.82, 2.24) is 0 Å². The summed E-state index contributed by atoms with van der Waals surface area (Å²) in [6, 6.07) is 14.0. The molecule has 1 aliphatic rings. The predicted octanol–water partition coefficient (Wildman–Crippen LogP) is 2.71. The van der Waals surface area contributed by atoms with Gasteiger partial charge in [-0.2, -0.15) is 5.26 Å². The van der Waals surface area contributed by atoms with Gasteiger partial charge in [0.05, 0.1) is 31.6 Å². The van der Waals surface area contributed by atoms with Gasteiger partial charge >= 0.3 is 0 Å². The maximum atomic E-state index is 12.4. The molecule has 0 bridgehead atoms. The summed E-state index contributed by atoms with van der Waals surface area (Å²) in [7, 11) is 3.12. The fourth-order valence-electron chi connectivity index (χ4n) is 2.56. The van der Waals surface area contributed by atoms with Crippen molar-refractivity contribution in [2.24, 2.45) is 5.16 Å². The number of hydrogen-bond acceptors (Lipinski definition) is 6. The molecule has 1 aliphatic heterocycles. The summed E-state index contributed by atoms with van der Waals surface area (Å²) in [5.41, 5.74) is 2.58. The van der Waals surface area contributed by atoms with E-state index in [-0.39, 0.29) is 5.91 Å².